The molecule has 122 valence electrons. The lowest BCUT2D eigenvalue weighted by molar-refractivity contribution is -0.113. The number of nitrogen functional groups attached to an aromatic ring is 1. The molecular weight excluding hydrogens is 390 g/mol. The third-order valence-corrected chi connectivity index (χ3v) is 4.63. The summed E-state index contributed by atoms with van der Waals surface area (Å²) >= 11 is 4.59. The number of carbonyl (C=O) groups excluding carboxylic acids is 1. The molecule has 3 N–H and O–H groups in total. The molecule has 6 nitrogen and oxygen atoms in total. The third-order valence-electron chi connectivity index (χ3n) is 3.16. The first-order valence-electron chi connectivity index (χ1n) is 7.07. The number of anilines is 1. The molecule has 8 heteroatoms. The van der Waals surface area contributed by atoms with Crippen molar-refractivity contribution in [2.75, 3.05) is 16.9 Å². The second kappa shape index (κ2) is 7.50. The van der Waals surface area contributed by atoms with Crippen LogP contribution in [0.1, 0.15) is 0 Å². The topological polar surface area (TPSA) is 85.8 Å². The molecule has 0 radical (unpaired) electrons. The van der Waals surface area contributed by atoms with E-state index in [9.17, 15) is 4.79 Å². The second-order valence-corrected chi connectivity index (χ2v) is 6.74. The van der Waals surface area contributed by atoms with Gasteiger partial charge in [0.05, 0.1) is 5.75 Å². The van der Waals surface area contributed by atoms with E-state index in [0.29, 0.717) is 11.0 Å². The number of amides is 1. The van der Waals surface area contributed by atoms with E-state index in [2.05, 4.69) is 31.4 Å². The minimum atomic E-state index is -0.133. The minimum absolute atomic E-state index is 0.133. The van der Waals surface area contributed by atoms with Crippen LogP contribution in [0.2, 0.25) is 0 Å². The monoisotopic (exact) mass is 403 g/mol. The molecule has 3 aromatic rings. The molecule has 0 aliphatic rings. The van der Waals surface area contributed by atoms with Crippen LogP contribution in [0.15, 0.2) is 64.2 Å². The van der Waals surface area contributed by atoms with Crippen LogP contribution >= 0.6 is 27.7 Å². The number of hydrogen-bond donors (Lipinski definition) is 2. The van der Waals surface area contributed by atoms with Crippen molar-refractivity contribution >= 4 is 39.3 Å². The van der Waals surface area contributed by atoms with Gasteiger partial charge in [-0.1, -0.05) is 58.0 Å². The fourth-order valence-corrected chi connectivity index (χ4v) is 2.94. The van der Waals surface area contributed by atoms with Gasteiger partial charge in [0.1, 0.15) is 0 Å². The molecule has 1 aromatic heterocycles. The highest BCUT2D eigenvalue weighted by molar-refractivity contribution is 9.10. The first kappa shape index (κ1) is 16.5. The number of nitrogens with one attached hydrogen (secondary N) is 1. The van der Waals surface area contributed by atoms with E-state index in [0.717, 1.165) is 15.7 Å². The van der Waals surface area contributed by atoms with Crippen LogP contribution < -0.4 is 11.2 Å². The third kappa shape index (κ3) is 3.95. The standard InChI is InChI=1S/C16H14BrN5OS/c17-12-6-8-13(9-7-12)19-14(23)10-24-16-21-20-15(22(16)18)11-4-2-1-3-5-11/h1-9H,10,18H2,(H,19,23). The largest absolute Gasteiger partial charge is 0.335 e. The summed E-state index contributed by atoms with van der Waals surface area (Å²) in [7, 11) is 0. The highest BCUT2D eigenvalue weighted by Crippen LogP contribution is 2.21. The number of nitrogens with two attached hydrogens (primary N) is 1. The van der Waals surface area contributed by atoms with Gasteiger partial charge in [-0.05, 0) is 24.3 Å². The quantitative estimate of drug-likeness (QED) is 0.504. The van der Waals surface area contributed by atoms with E-state index < -0.39 is 0 Å². The lowest BCUT2D eigenvalue weighted by Gasteiger charge is -2.05. The van der Waals surface area contributed by atoms with Crippen molar-refractivity contribution in [3.8, 4) is 11.4 Å². The average Bonchev–Trinajstić information content (AvgIpc) is 2.97. The molecular formula is C16H14BrN5OS. The van der Waals surface area contributed by atoms with Crippen LogP contribution in [0.4, 0.5) is 5.69 Å². The Kier molecular flexibility index (Phi) is 5.17. The van der Waals surface area contributed by atoms with Crippen LogP contribution in [-0.2, 0) is 4.79 Å². The molecule has 0 saturated heterocycles. The summed E-state index contributed by atoms with van der Waals surface area (Å²) in [5, 5.41) is 11.4. The Hall–Kier alpha value is -2.32. The normalized spacial score (nSPS) is 10.5. The molecule has 2 aromatic carbocycles. The minimum Gasteiger partial charge on any atom is -0.335 e. The number of benzene rings is 2. The molecule has 1 amide bonds. The van der Waals surface area contributed by atoms with Gasteiger partial charge in [-0.25, -0.2) is 4.68 Å². The second-order valence-electron chi connectivity index (χ2n) is 4.89. The Balaban J connectivity index is 1.62. The summed E-state index contributed by atoms with van der Waals surface area (Å²) in [5.74, 6) is 6.65. The van der Waals surface area contributed by atoms with Gasteiger partial charge in [-0.15, -0.1) is 10.2 Å². The van der Waals surface area contributed by atoms with E-state index >= 15 is 0 Å². The number of carbonyl (C=O) groups is 1. The molecule has 0 bridgehead atoms. The Morgan fingerprint density at radius 3 is 2.54 bits per heavy atom. The number of nitrogens with zero attached hydrogens (tertiary/aromatic N) is 3. The lowest BCUT2D eigenvalue weighted by Crippen LogP contribution is -2.16. The zero-order valence-corrected chi connectivity index (χ0v) is 14.9. The molecule has 0 spiro atoms. The highest BCUT2D eigenvalue weighted by atomic mass is 79.9. The van der Waals surface area contributed by atoms with Crippen LogP contribution in [0.5, 0.6) is 0 Å². The number of rotatable bonds is 5. The van der Waals surface area contributed by atoms with Gasteiger partial charge >= 0.3 is 0 Å². The Bertz CT molecular complexity index is 835. The first-order chi connectivity index (χ1) is 11.6. The number of thioether (sulfide) groups is 1. The van der Waals surface area contributed by atoms with Crippen LogP contribution in [0, 0.1) is 0 Å². The van der Waals surface area contributed by atoms with Crippen LogP contribution in [-0.4, -0.2) is 26.5 Å². The maximum atomic E-state index is 12.0. The van der Waals surface area contributed by atoms with Gasteiger partial charge in [-0.2, -0.15) is 0 Å². The number of halogens is 1. The molecule has 24 heavy (non-hydrogen) atoms. The molecule has 3 rings (SSSR count). The summed E-state index contributed by atoms with van der Waals surface area (Å²) < 4.78 is 2.35. The van der Waals surface area contributed by atoms with Crippen LogP contribution in [0.25, 0.3) is 11.4 Å². The van der Waals surface area contributed by atoms with Gasteiger partial charge in [0, 0.05) is 15.7 Å². The number of aromatic nitrogens is 3. The van der Waals surface area contributed by atoms with Crippen molar-refractivity contribution in [3.63, 3.8) is 0 Å². The van der Waals surface area contributed by atoms with Crippen molar-refractivity contribution < 1.29 is 4.79 Å². The maximum Gasteiger partial charge on any atom is 0.234 e. The fraction of sp³-hybridized carbons (Fsp3) is 0.0625. The zero-order valence-electron chi connectivity index (χ0n) is 12.5. The van der Waals surface area contributed by atoms with Crippen molar-refractivity contribution in [2.45, 2.75) is 5.16 Å². The van der Waals surface area contributed by atoms with Gasteiger partial charge in [-0.3, -0.25) is 4.79 Å². The van der Waals surface area contributed by atoms with Crippen LogP contribution in [0.3, 0.4) is 0 Å². The van der Waals surface area contributed by atoms with E-state index in [-0.39, 0.29) is 11.7 Å². The lowest BCUT2D eigenvalue weighted by atomic mass is 10.2. The Labute approximate surface area is 151 Å². The average molecular weight is 404 g/mol. The number of hydrogen-bond acceptors (Lipinski definition) is 5. The van der Waals surface area contributed by atoms with E-state index in [1.165, 1.54) is 16.4 Å². The maximum absolute atomic E-state index is 12.0. The SMILES string of the molecule is Nn1c(SCC(=O)Nc2ccc(Br)cc2)nnc1-c1ccccc1. The molecule has 0 aliphatic carbocycles. The Morgan fingerprint density at radius 2 is 1.83 bits per heavy atom. The van der Waals surface area contributed by atoms with Gasteiger partial charge in [0.25, 0.3) is 0 Å². The molecule has 0 saturated carbocycles. The highest BCUT2D eigenvalue weighted by Gasteiger charge is 2.13. The van der Waals surface area contributed by atoms with E-state index in [4.69, 9.17) is 5.84 Å². The zero-order chi connectivity index (χ0) is 16.9. The van der Waals surface area contributed by atoms with Gasteiger partial charge < -0.3 is 11.2 Å². The van der Waals surface area contributed by atoms with E-state index in [1.807, 2.05) is 54.6 Å². The van der Waals surface area contributed by atoms with E-state index in [1.54, 1.807) is 0 Å². The molecule has 0 atom stereocenters. The predicted molar refractivity (Wildman–Crippen MR) is 99.1 cm³/mol. The molecule has 0 aliphatic heterocycles. The van der Waals surface area contributed by atoms with Gasteiger partial charge in [0.15, 0.2) is 5.82 Å². The van der Waals surface area contributed by atoms with Gasteiger partial charge in [0.2, 0.25) is 11.1 Å². The summed E-state index contributed by atoms with van der Waals surface area (Å²) in [6.45, 7) is 0. The van der Waals surface area contributed by atoms with Crippen molar-refractivity contribution in [3.05, 3.63) is 59.1 Å². The molecule has 0 fully saturated rings. The van der Waals surface area contributed by atoms with Crippen molar-refractivity contribution in [1.29, 1.82) is 0 Å². The van der Waals surface area contributed by atoms with Crippen molar-refractivity contribution in [1.82, 2.24) is 14.9 Å². The predicted octanol–water partition coefficient (Wildman–Crippen LogP) is 3.15. The summed E-state index contributed by atoms with van der Waals surface area (Å²) in [6, 6.07) is 16.9. The summed E-state index contributed by atoms with van der Waals surface area (Å²) in [5.41, 5.74) is 1.61. The summed E-state index contributed by atoms with van der Waals surface area (Å²) in [4.78, 5) is 12.0. The fourth-order valence-electron chi connectivity index (χ4n) is 2.02. The molecule has 0 unspecified atom stereocenters. The summed E-state index contributed by atoms with van der Waals surface area (Å²) in [6.07, 6.45) is 0. The smallest absolute Gasteiger partial charge is 0.234 e. The molecule has 1 heterocycles. The Morgan fingerprint density at radius 1 is 1.12 bits per heavy atom. The first-order valence-corrected chi connectivity index (χ1v) is 8.85. The van der Waals surface area contributed by atoms with Crippen molar-refractivity contribution in [2.24, 2.45) is 0 Å².